The van der Waals surface area contributed by atoms with Crippen LogP contribution in [-0.4, -0.2) is 33.6 Å². The Bertz CT molecular complexity index is 1550. The number of rotatable bonds is 6. The van der Waals surface area contributed by atoms with Crippen molar-refractivity contribution in [3.8, 4) is 22.5 Å². The molecule has 0 radical (unpaired) electrons. The average Bonchev–Trinajstić information content (AvgIpc) is 3.30. The lowest BCUT2D eigenvalue weighted by molar-refractivity contribution is -0.605. The highest BCUT2D eigenvalue weighted by Gasteiger charge is 2.21. The van der Waals surface area contributed by atoms with Gasteiger partial charge in [-0.1, -0.05) is 40.5 Å². The summed E-state index contributed by atoms with van der Waals surface area (Å²) in [6.07, 6.45) is 2.07. The van der Waals surface area contributed by atoms with Crippen LogP contribution in [0.3, 0.4) is 0 Å². The molecule has 0 atom stereocenters. The van der Waals surface area contributed by atoms with Crippen LogP contribution in [0.25, 0.3) is 22.5 Å². The SMILES string of the molecule is CCN(NC(=O)c1cc(Cl)c[n+]([O-])c1)C(=O)NCc1ccc(-c2cc(Cl)cc(F)c2-c2noc(C)n2)cc1F. The van der Waals surface area contributed by atoms with Crippen molar-refractivity contribution in [2.45, 2.75) is 20.4 Å². The minimum Gasteiger partial charge on any atom is -0.619 e. The molecule has 0 saturated carbocycles. The van der Waals surface area contributed by atoms with Crippen LogP contribution in [0, 0.1) is 23.8 Å². The van der Waals surface area contributed by atoms with Crippen LogP contribution >= 0.6 is 23.2 Å². The molecule has 2 N–H and O–H groups in total. The van der Waals surface area contributed by atoms with Crippen molar-refractivity contribution in [3.05, 3.63) is 92.7 Å². The number of benzene rings is 2. The quantitative estimate of drug-likeness (QED) is 0.193. The van der Waals surface area contributed by atoms with Gasteiger partial charge >= 0.3 is 6.03 Å². The molecule has 0 saturated heterocycles. The van der Waals surface area contributed by atoms with E-state index in [1.54, 1.807) is 13.8 Å². The molecule has 2 heterocycles. The van der Waals surface area contributed by atoms with Crippen LogP contribution in [0.5, 0.6) is 0 Å². The van der Waals surface area contributed by atoms with Crippen LogP contribution < -0.4 is 15.5 Å². The highest BCUT2D eigenvalue weighted by molar-refractivity contribution is 6.31. The molecule has 202 valence electrons. The molecule has 0 aliphatic rings. The summed E-state index contributed by atoms with van der Waals surface area (Å²) in [4.78, 5) is 29.1. The molecule has 0 aliphatic heterocycles. The largest absolute Gasteiger partial charge is 0.619 e. The molecule has 14 heteroatoms. The van der Waals surface area contributed by atoms with Gasteiger partial charge in [0.2, 0.25) is 11.7 Å². The van der Waals surface area contributed by atoms with Gasteiger partial charge in [-0.05, 0) is 42.3 Å². The maximum absolute atomic E-state index is 15.1. The van der Waals surface area contributed by atoms with Crippen molar-refractivity contribution >= 4 is 35.1 Å². The second-order valence-corrected chi connectivity index (χ2v) is 9.07. The fourth-order valence-electron chi connectivity index (χ4n) is 3.66. The van der Waals surface area contributed by atoms with Crippen LogP contribution in [0.15, 0.2) is 53.3 Å². The monoisotopic (exact) mass is 576 g/mol. The van der Waals surface area contributed by atoms with Gasteiger partial charge in [-0.25, -0.2) is 18.6 Å². The number of hydrazine groups is 1. The number of hydrogen-bond acceptors (Lipinski definition) is 6. The Kier molecular flexibility index (Phi) is 8.27. The fourth-order valence-corrected chi connectivity index (χ4v) is 4.08. The van der Waals surface area contributed by atoms with E-state index in [0.29, 0.717) is 10.3 Å². The molecule has 4 aromatic rings. The van der Waals surface area contributed by atoms with Gasteiger partial charge in [0.05, 0.1) is 5.56 Å². The van der Waals surface area contributed by atoms with Gasteiger partial charge < -0.3 is 15.0 Å². The zero-order valence-electron chi connectivity index (χ0n) is 20.5. The third kappa shape index (κ3) is 6.41. The standard InChI is InChI=1S/C25H20Cl2F2N6O4/c1-3-35(32-24(36)16-6-18(27)12-34(38)11-16)25(37)30-10-15-5-4-14(7-20(15)28)19-8-17(26)9-21(29)22(19)23-31-13(2)39-33-23/h4-9,11-12H,3,10H2,1-2H3,(H,30,37)(H,32,36). The number of carbonyl (C=O) groups is 2. The molecule has 0 bridgehead atoms. The third-order valence-corrected chi connectivity index (χ3v) is 5.90. The lowest BCUT2D eigenvalue weighted by Crippen LogP contribution is -2.50. The van der Waals surface area contributed by atoms with E-state index in [9.17, 15) is 19.2 Å². The first kappa shape index (κ1) is 27.7. The minimum absolute atomic E-state index is 0.00626. The van der Waals surface area contributed by atoms with Crippen LogP contribution in [-0.2, 0) is 6.54 Å². The number of nitrogens with zero attached hydrogens (tertiary/aromatic N) is 4. The van der Waals surface area contributed by atoms with Gasteiger partial charge in [0.25, 0.3) is 5.91 Å². The van der Waals surface area contributed by atoms with Gasteiger partial charge in [0, 0.05) is 30.6 Å². The lowest BCUT2D eigenvalue weighted by Gasteiger charge is -2.22. The third-order valence-electron chi connectivity index (χ3n) is 5.47. The van der Waals surface area contributed by atoms with Crippen LogP contribution in [0.4, 0.5) is 13.6 Å². The van der Waals surface area contributed by atoms with Gasteiger partial charge in [-0.15, -0.1) is 0 Å². The van der Waals surface area contributed by atoms with Gasteiger partial charge in [0.1, 0.15) is 22.2 Å². The Balaban J connectivity index is 1.49. The summed E-state index contributed by atoms with van der Waals surface area (Å²) in [7, 11) is 0. The van der Waals surface area contributed by atoms with E-state index < -0.39 is 23.6 Å². The first-order valence-electron chi connectivity index (χ1n) is 11.4. The molecule has 0 aliphatic carbocycles. The molecule has 2 aromatic carbocycles. The van der Waals surface area contributed by atoms with Crippen LogP contribution in [0.1, 0.15) is 28.7 Å². The molecule has 3 amide bonds. The zero-order chi connectivity index (χ0) is 28.3. The van der Waals surface area contributed by atoms with E-state index in [1.807, 2.05) is 0 Å². The summed E-state index contributed by atoms with van der Waals surface area (Å²) < 4.78 is 35.2. The minimum atomic E-state index is -0.740. The van der Waals surface area contributed by atoms with E-state index in [0.717, 1.165) is 23.5 Å². The lowest BCUT2D eigenvalue weighted by atomic mass is 9.97. The first-order chi connectivity index (χ1) is 18.5. The molecule has 2 aromatic heterocycles. The highest BCUT2D eigenvalue weighted by atomic mass is 35.5. The smallest absolute Gasteiger partial charge is 0.336 e. The topological polar surface area (TPSA) is 127 Å². The fraction of sp³-hybridized carbons (Fsp3) is 0.160. The van der Waals surface area contributed by atoms with E-state index in [1.165, 1.54) is 30.3 Å². The molecule has 0 spiro atoms. The van der Waals surface area contributed by atoms with Crippen molar-refractivity contribution in [2.75, 3.05) is 6.54 Å². The number of hydrogen-bond donors (Lipinski definition) is 2. The maximum atomic E-state index is 15.1. The van der Waals surface area contributed by atoms with Gasteiger partial charge in [-0.2, -0.15) is 9.71 Å². The zero-order valence-corrected chi connectivity index (χ0v) is 22.0. The predicted molar refractivity (Wildman–Crippen MR) is 137 cm³/mol. The molecule has 0 unspecified atom stereocenters. The van der Waals surface area contributed by atoms with Crippen molar-refractivity contribution in [2.24, 2.45) is 0 Å². The van der Waals surface area contributed by atoms with E-state index in [2.05, 4.69) is 20.9 Å². The summed E-state index contributed by atoms with van der Waals surface area (Å²) in [5.41, 5.74) is 2.96. The normalized spacial score (nSPS) is 10.8. The first-order valence-corrected chi connectivity index (χ1v) is 12.2. The number of nitrogens with one attached hydrogen (secondary N) is 2. The number of aromatic nitrogens is 3. The Morgan fingerprint density at radius 3 is 2.51 bits per heavy atom. The number of pyridine rings is 1. The number of carbonyl (C=O) groups excluding carboxylic acids is 2. The molecule has 0 fully saturated rings. The second-order valence-electron chi connectivity index (χ2n) is 8.20. The number of amides is 3. The molecule has 4 rings (SSSR count). The van der Waals surface area contributed by atoms with E-state index >= 15 is 4.39 Å². The van der Waals surface area contributed by atoms with Crippen molar-refractivity contribution < 1.29 is 27.6 Å². The summed E-state index contributed by atoms with van der Waals surface area (Å²) in [5, 5.41) is 18.9. The van der Waals surface area contributed by atoms with E-state index in [4.69, 9.17) is 27.7 Å². The van der Waals surface area contributed by atoms with Crippen molar-refractivity contribution in [1.29, 1.82) is 0 Å². The average molecular weight is 577 g/mol. The Morgan fingerprint density at radius 2 is 1.87 bits per heavy atom. The molecular weight excluding hydrogens is 557 g/mol. The molecule has 10 nitrogen and oxygen atoms in total. The van der Waals surface area contributed by atoms with Crippen LogP contribution in [0.2, 0.25) is 10.0 Å². The molecular formula is C25H20Cl2F2N6O4. The Labute approximate surface area is 230 Å². The van der Waals surface area contributed by atoms with Gasteiger partial charge in [-0.3, -0.25) is 10.2 Å². The molecule has 39 heavy (non-hydrogen) atoms. The van der Waals surface area contributed by atoms with E-state index in [-0.39, 0.29) is 57.1 Å². The number of urea groups is 1. The highest BCUT2D eigenvalue weighted by Crippen LogP contribution is 2.36. The predicted octanol–water partition coefficient (Wildman–Crippen LogP) is 4.81. The Hall–Kier alpha value is -4.29. The number of aryl methyl sites for hydroxylation is 1. The van der Waals surface area contributed by atoms with Crippen molar-refractivity contribution in [3.63, 3.8) is 0 Å². The summed E-state index contributed by atoms with van der Waals surface area (Å²) in [6.45, 7) is 3.00. The van der Waals surface area contributed by atoms with Crippen molar-refractivity contribution in [1.82, 2.24) is 25.9 Å². The summed E-state index contributed by atoms with van der Waals surface area (Å²) in [5.74, 6) is -1.93. The maximum Gasteiger partial charge on any atom is 0.336 e. The summed E-state index contributed by atoms with van der Waals surface area (Å²) >= 11 is 11.9. The van der Waals surface area contributed by atoms with Gasteiger partial charge in [0.15, 0.2) is 12.4 Å². The Morgan fingerprint density at radius 1 is 1.10 bits per heavy atom. The summed E-state index contributed by atoms with van der Waals surface area (Å²) in [6, 6.07) is 7.21. The number of halogens is 4. The second kappa shape index (κ2) is 11.6.